The van der Waals surface area contributed by atoms with Crippen molar-refractivity contribution in [2.24, 2.45) is 5.92 Å². The van der Waals surface area contributed by atoms with E-state index in [-0.39, 0.29) is 17.1 Å². The Labute approximate surface area is 178 Å². The summed E-state index contributed by atoms with van der Waals surface area (Å²) in [6.45, 7) is 6.48. The fourth-order valence-electron chi connectivity index (χ4n) is 2.42. The van der Waals surface area contributed by atoms with Crippen molar-refractivity contribution in [2.75, 3.05) is 6.61 Å². The predicted molar refractivity (Wildman–Crippen MR) is 127 cm³/mol. The first-order chi connectivity index (χ1) is 13.6. The molecule has 0 aromatic heterocycles. The molecule has 0 bridgehead atoms. The van der Waals surface area contributed by atoms with E-state index in [2.05, 4.69) is 80.3 Å². The van der Waals surface area contributed by atoms with Gasteiger partial charge in [0, 0.05) is 5.25 Å². The minimum Gasteiger partial charge on any atom is -0.464 e. The Morgan fingerprint density at radius 3 is 1.82 bits per heavy atom. The van der Waals surface area contributed by atoms with Crippen LogP contribution in [0.2, 0.25) is 0 Å². The average molecular weight is 405 g/mol. The molecule has 0 N–H and O–H groups in total. The maximum atomic E-state index is 12.0. The second-order valence-electron chi connectivity index (χ2n) is 6.87. The standard InChI is InChI=1S/C25H40O2S/c1-4-6-7-8-9-10-11-12-13-14-15-16-17-18-19-20-21-24(5-2)25(26)27-22-23(3)28/h6-7,9-10,12-13,15-16,19-20,23-24,28H,4-5,8,11,14,17-18,21-22H2,1-3H3/b7-6-,10-9-,13-12-,16-15-,20-19+. The lowest BCUT2D eigenvalue weighted by molar-refractivity contribution is -0.148. The van der Waals surface area contributed by atoms with Crippen LogP contribution in [-0.2, 0) is 9.53 Å². The molecule has 2 unspecified atom stereocenters. The van der Waals surface area contributed by atoms with Crippen LogP contribution in [0, 0.1) is 5.92 Å². The van der Waals surface area contributed by atoms with E-state index in [1.807, 2.05) is 13.8 Å². The van der Waals surface area contributed by atoms with Crippen LogP contribution in [0.25, 0.3) is 0 Å². The molecule has 3 heteroatoms. The number of allylic oxidation sites excluding steroid dienone is 10. The maximum absolute atomic E-state index is 12.0. The van der Waals surface area contributed by atoms with Crippen LogP contribution >= 0.6 is 12.6 Å². The fourth-order valence-corrected chi connectivity index (χ4v) is 2.49. The second kappa shape index (κ2) is 20.3. The van der Waals surface area contributed by atoms with Crippen molar-refractivity contribution in [3.8, 4) is 0 Å². The molecule has 2 nitrogen and oxygen atoms in total. The number of hydrogen-bond donors (Lipinski definition) is 1. The summed E-state index contributed by atoms with van der Waals surface area (Å²) in [5.74, 6) is -0.146. The Morgan fingerprint density at radius 1 is 0.821 bits per heavy atom. The van der Waals surface area contributed by atoms with Crippen molar-refractivity contribution in [1.29, 1.82) is 0 Å². The van der Waals surface area contributed by atoms with Crippen molar-refractivity contribution >= 4 is 18.6 Å². The van der Waals surface area contributed by atoms with Gasteiger partial charge in [0.05, 0.1) is 5.92 Å². The Balaban J connectivity index is 3.77. The molecule has 0 aromatic rings. The number of esters is 1. The summed E-state index contributed by atoms with van der Waals surface area (Å²) in [5.41, 5.74) is 0. The number of carbonyl (C=O) groups excluding carboxylic acids is 1. The quantitative estimate of drug-likeness (QED) is 0.125. The van der Waals surface area contributed by atoms with Crippen molar-refractivity contribution < 1.29 is 9.53 Å². The summed E-state index contributed by atoms with van der Waals surface area (Å²) < 4.78 is 5.26. The van der Waals surface area contributed by atoms with Crippen LogP contribution in [0.15, 0.2) is 60.8 Å². The first kappa shape index (κ1) is 26.5. The van der Waals surface area contributed by atoms with Gasteiger partial charge in [-0.3, -0.25) is 4.79 Å². The van der Waals surface area contributed by atoms with Crippen molar-refractivity contribution in [1.82, 2.24) is 0 Å². The van der Waals surface area contributed by atoms with Gasteiger partial charge in [0.1, 0.15) is 6.61 Å². The van der Waals surface area contributed by atoms with Gasteiger partial charge in [-0.15, -0.1) is 0 Å². The van der Waals surface area contributed by atoms with E-state index in [9.17, 15) is 4.79 Å². The van der Waals surface area contributed by atoms with Crippen LogP contribution in [0.1, 0.15) is 72.1 Å². The molecular formula is C25H40O2S. The lowest BCUT2D eigenvalue weighted by Crippen LogP contribution is -2.19. The van der Waals surface area contributed by atoms with Crippen LogP contribution in [-0.4, -0.2) is 17.8 Å². The summed E-state index contributed by atoms with van der Waals surface area (Å²) in [7, 11) is 0. The zero-order chi connectivity index (χ0) is 20.9. The molecular weight excluding hydrogens is 364 g/mol. The van der Waals surface area contributed by atoms with E-state index in [1.165, 1.54) is 0 Å². The van der Waals surface area contributed by atoms with E-state index < -0.39 is 0 Å². The first-order valence-corrected chi connectivity index (χ1v) is 11.2. The summed E-state index contributed by atoms with van der Waals surface area (Å²) in [4.78, 5) is 12.0. The van der Waals surface area contributed by atoms with Gasteiger partial charge in [0.2, 0.25) is 0 Å². The third-order valence-electron chi connectivity index (χ3n) is 4.10. The fraction of sp³-hybridized carbons (Fsp3) is 0.560. The molecule has 0 fully saturated rings. The minimum absolute atomic E-state index is 0.0410. The molecule has 0 aliphatic carbocycles. The van der Waals surface area contributed by atoms with Gasteiger partial charge < -0.3 is 4.74 Å². The van der Waals surface area contributed by atoms with Crippen molar-refractivity contribution in [2.45, 2.75) is 77.4 Å². The van der Waals surface area contributed by atoms with E-state index in [0.717, 1.165) is 51.4 Å². The Kier molecular flexibility index (Phi) is 19.2. The largest absolute Gasteiger partial charge is 0.464 e. The van der Waals surface area contributed by atoms with Crippen molar-refractivity contribution in [3.63, 3.8) is 0 Å². The third-order valence-corrected chi connectivity index (χ3v) is 4.25. The van der Waals surface area contributed by atoms with Gasteiger partial charge in [0.25, 0.3) is 0 Å². The van der Waals surface area contributed by atoms with Crippen LogP contribution in [0.3, 0.4) is 0 Å². The van der Waals surface area contributed by atoms with Gasteiger partial charge in [-0.05, 0) is 51.4 Å². The van der Waals surface area contributed by atoms with Crippen LogP contribution < -0.4 is 0 Å². The molecule has 0 saturated heterocycles. The summed E-state index contributed by atoms with van der Waals surface area (Å²) in [6, 6.07) is 0. The highest BCUT2D eigenvalue weighted by atomic mass is 32.1. The van der Waals surface area contributed by atoms with E-state index >= 15 is 0 Å². The molecule has 158 valence electrons. The van der Waals surface area contributed by atoms with Crippen LogP contribution in [0.4, 0.5) is 0 Å². The predicted octanol–water partition coefficient (Wildman–Crippen LogP) is 7.41. The molecule has 0 aliphatic heterocycles. The van der Waals surface area contributed by atoms with Gasteiger partial charge in [-0.2, -0.15) is 12.6 Å². The Bertz CT molecular complexity index is 513. The molecule has 2 atom stereocenters. The lowest BCUT2D eigenvalue weighted by atomic mass is 10.0. The number of unbranched alkanes of at least 4 members (excludes halogenated alkanes) is 1. The molecule has 0 aromatic carbocycles. The maximum Gasteiger partial charge on any atom is 0.309 e. The Morgan fingerprint density at radius 2 is 1.32 bits per heavy atom. The van der Waals surface area contributed by atoms with Gasteiger partial charge >= 0.3 is 5.97 Å². The van der Waals surface area contributed by atoms with Crippen molar-refractivity contribution in [3.05, 3.63) is 60.8 Å². The SMILES string of the molecule is CC/C=C\C/C=C\C/C=C\C/C=C\CC/C=C/CC(CC)C(=O)OCC(C)S. The molecule has 28 heavy (non-hydrogen) atoms. The van der Waals surface area contributed by atoms with E-state index in [4.69, 9.17) is 4.74 Å². The number of rotatable bonds is 16. The average Bonchev–Trinajstić information content (AvgIpc) is 2.68. The third kappa shape index (κ3) is 17.9. The normalized spacial score (nSPS) is 14.9. The molecule has 0 amide bonds. The smallest absolute Gasteiger partial charge is 0.309 e. The Hall–Kier alpha value is -1.48. The molecule has 0 saturated carbocycles. The molecule has 0 radical (unpaired) electrons. The summed E-state index contributed by atoms with van der Waals surface area (Å²) in [5, 5.41) is 0.0862. The van der Waals surface area contributed by atoms with Gasteiger partial charge in [0.15, 0.2) is 0 Å². The molecule has 0 aliphatic rings. The van der Waals surface area contributed by atoms with Crippen LogP contribution in [0.5, 0.6) is 0 Å². The summed E-state index contributed by atoms with van der Waals surface area (Å²) in [6.07, 6.45) is 29.7. The molecule has 0 spiro atoms. The highest BCUT2D eigenvalue weighted by molar-refractivity contribution is 7.80. The first-order valence-electron chi connectivity index (χ1n) is 10.7. The topological polar surface area (TPSA) is 26.3 Å². The number of ether oxygens (including phenoxy) is 1. The molecule has 0 heterocycles. The number of carbonyl (C=O) groups is 1. The van der Waals surface area contributed by atoms with E-state index in [0.29, 0.717) is 6.61 Å². The summed E-state index contributed by atoms with van der Waals surface area (Å²) >= 11 is 4.23. The highest BCUT2D eigenvalue weighted by Crippen LogP contribution is 2.12. The number of hydrogen-bond acceptors (Lipinski definition) is 3. The van der Waals surface area contributed by atoms with E-state index in [1.54, 1.807) is 0 Å². The zero-order valence-corrected chi connectivity index (χ0v) is 19.0. The lowest BCUT2D eigenvalue weighted by Gasteiger charge is -2.13. The monoisotopic (exact) mass is 404 g/mol. The molecule has 0 rings (SSSR count). The van der Waals surface area contributed by atoms with Gasteiger partial charge in [-0.25, -0.2) is 0 Å². The minimum atomic E-state index is -0.105. The second-order valence-corrected chi connectivity index (χ2v) is 7.75. The zero-order valence-electron chi connectivity index (χ0n) is 18.1. The number of thiol groups is 1. The van der Waals surface area contributed by atoms with Gasteiger partial charge in [-0.1, -0.05) is 81.5 Å². The highest BCUT2D eigenvalue weighted by Gasteiger charge is 2.16.